The predicted octanol–water partition coefficient (Wildman–Crippen LogP) is 3.71. The van der Waals surface area contributed by atoms with Crippen molar-refractivity contribution in [1.82, 2.24) is 14.5 Å². The van der Waals surface area contributed by atoms with Gasteiger partial charge in [0.25, 0.3) is 0 Å². The molecule has 1 aromatic carbocycles. The summed E-state index contributed by atoms with van der Waals surface area (Å²) in [5, 5.41) is 3.95. The average molecular weight is 350 g/mol. The molecular weight excluding hydrogens is 332 g/mol. The Bertz CT molecular complexity index is 876. The lowest BCUT2D eigenvalue weighted by atomic mass is 10.1. The maximum Gasteiger partial charge on any atom is 0.228 e. The minimum atomic E-state index is 0.0471. The molecule has 0 aliphatic heterocycles. The topological polar surface area (TPSA) is 59.8 Å². The van der Waals surface area contributed by atoms with Gasteiger partial charge in [0.05, 0.1) is 0 Å². The number of amides is 1. The molecule has 1 fully saturated rings. The zero-order valence-corrected chi connectivity index (χ0v) is 14.6. The Balaban J connectivity index is 1.35. The summed E-state index contributed by atoms with van der Waals surface area (Å²) in [6.45, 7) is 0. The average Bonchev–Trinajstić information content (AvgIpc) is 3.35. The molecule has 1 saturated carbocycles. The van der Waals surface area contributed by atoms with E-state index in [1.54, 1.807) is 24.2 Å². The zero-order valence-electron chi connectivity index (χ0n) is 13.8. The Morgan fingerprint density at radius 1 is 1.24 bits per heavy atom. The van der Waals surface area contributed by atoms with Gasteiger partial charge in [-0.3, -0.25) is 9.78 Å². The summed E-state index contributed by atoms with van der Waals surface area (Å²) in [6.07, 6.45) is 8.20. The molecule has 0 saturated heterocycles. The van der Waals surface area contributed by atoms with E-state index in [2.05, 4.69) is 15.3 Å². The van der Waals surface area contributed by atoms with Crippen LogP contribution < -0.4 is 5.32 Å². The van der Waals surface area contributed by atoms with Crippen LogP contribution in [0.4, 0.5) is 5.69 Å². The van der Waals surface area contributed by atoms with Crippen molar-refractivity contribution >= 4 is 23.4 Å². The Kier molecular flexibility index (Phi) is 4.28. The van der Waals surface area contributed by atoms with Crippen molar-refractivity contribution in [3.8, 4) is 0 Å². The number of hydrogen-bond acceptors (Lipinski definition) is 4. The second kappa shape index (κ2) is 6.72. The third kappa shape index (κ3) is 3.58. The van der Waals surface area contributed by atoms with Crippen molar-refractivity contribution in [2.24, 2.45) is 13.0 Å². The van der Waals surface area contributed by atoms with Crippen molar-refractivity contribution in [2.75, 3.05) is 5.32 Å². The van der Waals surface area contributed by atoms with E-state index in [4.69, 9.17) is 0 Å². The minimum absolute atomic E-state index is 0.0471. The van der Waals surface area contributed by atoms with Gasteiger partial charge in [0.15, 0.2) is 5.16 Å². The summed E-state index contributed by atoms with van der Waals surface area (Å²) in [6, 6.07) is 11.8. The van der Waals surface area contributed by atoms with Crippen LogP contribution in [0.25, 0.3) is 0 Å². The van der Waals surface area contributed by atoms with Crippen LogP contribution in [-0.2, 0) is 11.8 Å². The number of aromatic nitrogens is 3. The fourth-order valence-corrected chi connectivity index (χ4v) is 3.65. The van der Waals surface area contributed by atoms with Gasteiger partial charge in [-0.2, -0.15) is 0 Å². The fraction of sp³-hybridized carbons (Fsp3) is 0.211. The number of imidazole rings is 1. The summed E-state index contributed by atoms with van der Waals surface area (Å²) < 4.78 is 1.98. The molecule has 0 radical (unpaired) electrons. The molecule has 3 aromatic rings. The highest BCUT2D eigenvalue weighted by Crippen LogP contribution is 2.47. The van der Waals surface area contributed by atoms with Gasteiger partial charge in [-0.15, -0.1) is 0 Å². The number of rotatable bonds is 5. The third-order valence-electron chi connectivity index (χ3n) is 4.35. The molecule has 1 N–H and O–H groups in total. The quantitative estimate of drug-likeness (QED) is 0.762. The maximum atomic E-state index is 12.4. The number of nitrogens with one attached hydrogen (secondary N) is 1. The Labute approximate surface area is 150 Å². The molecule has 1 aliphatic carbocycles. The molecule has 1 aliphatic rings. The van der Waals surface area contributed by atoms with Gasteiger partial charge in [-0.05, 0) is 48.2 Å². The second-order valence-electron chi connectivity index (χ2n) is 6.17. The van der Waals surface area contributed by atoms with Crippen molar-refractivity contribution in [3.05, 3.63) is 66.7 Å². The molecule has 2 unspecified atom stereocenters. The number of benzene rings is 1. The fourth-order valence-electron chi connectivity index (χ4n) is 2.85. The molecule has 4 rings (SSSR count). The van der Waals surface area contributed by atoms with E-state index in [1.807, 2.05) is 60.4 Å². The van der Waals surface area contributed by atoms with Crippen LogP contribution in [-0.4, -0.2) is 20.4 Å². The van der Waals surface area contributed by atoms with Gasteiger partial charge in [-0.25, -0.2) is 4.98 Å². The highest BCUT2D eigenvalue weighted by atomic mass is 32.2. The molecule has 2 aromatic heterocycles. The van der Waals surface area contributed by atoms with Gasteiger partial charge in [0, 0.05) is 48.3 Å². The molecule has 5 nitrogen and oxygen atoms in total. The summed E-state index contributed by atoms with van der Waals surface area (Å²) in [4.78, 5) is 21.9. The van der Waals surface area contributed by atoms with Crippen LogP contribution in [0.15, 0.2) is 71.2 Å². The highest BCUT2D eigenvalue weighted by molar-refractivity contribution is 7.99. The Morgan fingerprint density at radius 3 is 2.76 bits per heavy atom. The molecule has 25 heavy (non-hydrogen) atoms. The van der Waals surface area contributed by atoms with E-state index in [0.29, 0.717) is 5.92 Å². The lowest BCUT2D eigenvalue weighted by Crippen LogP contribution is -2.14. The van der Waals surface area contributed by atoms with E-state index in [1.165, 1.54) is 0 Å². The Hall–Kier alpha value is -2.60. The third-order valence-corrected chi connectivity index (χ3v) is 5.43. The molecule has 0 bridgehead atoms. The first-order valence-electron chi connectivity index (χ1n) is 8.17. The number of anilines is 1. The van der Waals surface area contributed by atoms with Crippen LogP contribution >= 0.6 is 11.8 Å². The van der Waals surface area contributed by atoms with Crippen LogP contribution in [0.2, 0.25) is 0 Å². The van der Waals surface area contributed by atoms with E-state index in [9.17, 15) is 4.79 Å². The van der Waals surface area contributed by atoms with Gasteiger partial charge in [-0.1, -0.05) is 17.8 Å². The molecule has 6 heteroatoms. The first kappa shape index (κ1) is 15.9. The molecule has 126 valence electrons. The summed E-state index contributed by atoms with van der Waals surface area (Å²) in [5.74, 6) is 0.427. The van der Waals surface area contributed by atoms with Crippen molar-refractivity contribution in [2.45, 2.75) is 22.4 Å². The normalized spacial score (nSPS) is 18.8. The van der Waals surface area contributed by atoms with E-state index in [0.717, 1.165) is 27.7 Å². The second-order valence-corrected chi connectivity index (χ2v) is 7.21. The molecular formula is C19H18N4OS. The van der Waals surface area contributed by atoms with Gasteiger partial charge in [0.1, 0.15) is 0 Å². The lowest BCUT2D eigenvalue weighted by molar-refractivity contribution is -0.117. The van der Waals surface area contributed by atoms with Gasteiger partial charge >= 0.3 is 0 Å². The van der Waals surface area contributed by atoms with E-state index in [-0.39, 0.29) is 11.8 Å². The smallest absolute Gasteiger partial charge is 0.228 e. The first-order chi connectivity index (χ1) is 12.2. The SMILES string of the molecule is Cn1ccnc1Sc1ccc(NC(=O)C2CC2c2cccnc2)cc1. The van der Waals surface area contributed by atoms with Gasteiger partial charge < -0.3 is 9.88 Å². The molecule has 2 atom stereocenters. The van der Waals surface area contributed by atoms with E-state index >= 15 is 0 Å². The Morgan fingerprint density at radius 2 is 2.08 bits per heavy atom. The number of carbonyl (C=O) groups is 1. The minimum Gasteiger partial charge on any atom is -0.329 e. The molecule has 1 amide bonds. The van der Waals surface area contributed by atoms with Crippen LogP contribution in [0.3, 0.4) is 0 Å². The molecule has 2 heterocycles. The number of nitrogens with zero attached hydrogens (tertiary/aromatic N) is 3. The number of aryl methyl sites for hydroxylation is 1. The number of pyridine rings is 1. The maximum absolute atomic E-state index is 12.4. The van der Waals surface area contributed by atoms with Crippen LogP contribution in [0.1, 0.15) is 17.9 Å². The first-order valence-corrected chi connectivity index (χ1v) is 8.98. The van der Waals surface area contributed by atoms with Crippen molar-refractivity contribution in [3.63, 3.8) is 0 Å². The van der Waals surface area contributed by atoms with E-state index < -0.39 is 0 Å². The largest absolute Gasteiger partial charge is 0.329 e. The summed E-state index contributed by atoms with van der Waals surface area (Å²) in [5.41, 5.74) is 1.97. The number of hydrogen-bond donors (Lipinski definition) is 1. The molecule has 0 spiro atoms. The van der Waals surface area contributed by atoms with Crippen molar-refractivity contribution < 1.29 is 4.79 Å². The van der Waals surface area contributed by atoms with Crippen molar-refractivity contribution in [1.29, 1.82) is 0 Å². The van der Waals surface area contributed by atoms with Gasteiger partial charge in [0.2, 0.25) is 5.91 Å². The summed E-state index contributed by atoms with van der Waals surface area (Å²) >= 11 is 1.60. The monoisotopic (exact) mass is 350 g/mol. The number of carbonyl (C=O) groups excluding carboxylic acids is 1. The van der Waals surface area contributed by atoms with Crippen LogP contribution in [0, 0.1) is 5.92 Å². The standard InChI is InChI=1S/C19H18N4OS/c1-23-10-9-21-19(23)25-15-6-4-14(5-7-15)22-18(24)17-11-16(17)13-3-2-8-20-12-13/h2-10,12,16-17H,11H2,1H3,(H,22,24). The highest BCUT2D eigenvalue weighted by Gasteiger charge is 2.44. The summed E-state index contributed by atoms with van der Waals surface area (Å²) in [7, 11) is 1.97. The lowest BCUT2D eigenvalue weighted by Gasteiger charge is -2.07. The van der Waals surface area contributed by atoms with Crippen LogP contribution in [0.5, 0.6) is 0 Å². The predicted molar refractivity (Wildman–Crippen MR) is 97.5 cm³/mol. The zero-order chi connectivity index (χ0) is 17.2.